The van der Waals surface area contributed by atoms with Gasteiger partial charge in [0.05, 0.1) is 11.5 Å². The van der Waals surface area contributed by atoms with Gasteiger partial charge in [0, 0.05) is 0 Å². The lowest BCUT2D eigenvalue weighted by atomic mass is 9.68. The van der Waals surface area contributed by atoms with E-state index in [1.807, 2.05) is 13.0 Å². The first-order chi connectivity index (χ1) is 9.98. The predicted molar refractivity (Wildman–Crippen MR) is 83.7 cm³/mol. The van der Waals surface area contributed by atoms with E-state index in [4.69, 9.17) is 0 Å². The topological polar surface area (TPSA) is 44.0 Å². The van der Waals surface area contributed by atoms with Crippen LogP contribution in [0.4, 0.5) is 0 Å². The van der Waals surface area contributed by atoms with Gasteiger partial charge in [0.15, 0.2) is 0 Å². The van der Waals surface area contributed by atoms with Crippen molar-refractivity contribution in [1.82, 2.24) is 0 Å². The normalized spacial score (nSPS) is 31.2. The van der Waals surface area contributed by atoms with Crippen LogP contribution in [0.25, 0.3) is 0 Å². The number of hydrogen-bond donors (Lipinski definition) is 1. The lowest BCUT2D eigenvalue weighted by Gasteiger charge is -2.38. The molecule has 2 heteroatoms. The van der Waals surface area contributed by atoms with Crippen molar-refractivity contribution >= 4 is 0 Å². The number of nitrogens with zero attached hydrogens (tertiary/aromatic N) is 1. The maximum absolute atomic E-state index is 11.2. The Balaban J connectivity index is 2.00. The summed E-state index contributed by atoms with van der Waals surface area (Å²) < 4.78 is 0. The molecule has 0 heterocycles. The van der Waals surface area contributed by atoms with E-state index in [1.165, 1.54) is 24.0 Å². The van der Waals surface area contributed by atoms with Crippen LogP contribution in [-0.2, 0) is 18.4 Å². The number of benzene rings is 1. The van der Waals surface area contributed by atoms with Crippen molar-refractivity contribution < 1.29 is 5.11 Å². The Labute approximate surface area is 127 Å². The van der Waals surface area contributed by atoms with E-state index in [-0.39, 0.29) is 0 Å². The fourth-order valence-corrected chi connectivity index (χ4v) is 4.26. The van der Waals surface area contributed by atoms with Crippen LogP contribution in [0.1, 0.15) is 62.6 Å². The third-order valence-electron chi connectivity index (χ3n) is 5.82. The summed E-state index contributed by atoms with van der Waals surface area (Å²) in [6.07, 6.45) is 7.39. The summed E-state index contributed by atoms with van der Waals surface area (Å²) in [6, 6.07) is 8.86. The molecule has 0 spiro atoms. The molecule has 1 aromatic carbocycles. The van der Waals surface area contributed by atoms with E-state index in [0.29, 0.717) is 5.92 Å². The van der Waals surface area contributed by atoms with Gasteiger partial charge in [-0.25, -0.2) is 0 Å². The highest BCUT2D eigenvalue weighted by Gasteiger charge is 2.52. The third kappa shape index (κ3) is 2.28. The minimum absolute atomic E-state index is 0.522. The Morgan fingerprint density at radius 3 is 2.62 bits per heavy atom. The number of fused-ring (bicyclic) bond motifs is 1. The summed E-state index contributed by atoms with van der Waals surface area (Å²) in [6.45, 7) is 4.03. The number of aryl methyl sites for hydroxylation is 2. The zero-order chi connectivity index (χ0) is 15.1. The molecule has 2 aliphatic rings. The summed E-state index contributed by atoms with van der Waals surface area (Å²) in [5.41, 5.74) is 2.04. The van der Waals surface area contributed by atoms with Crippen LogP contribution in [0, 0.1) is 22.7 Å². The molecule has 0 aliphatic heterocycles. The number of hydrogen-bond acceptors (Lipinski definition) is 2. The molecule has 1 aromatic rings. The highest BCUT2D eigenvalue weighted by atomic mass is 16.3. The van der Waals surface area contributed by atoms with E-state index in [1.54, 1.807) is 0 Å². The van der Waals surface area contributed by atoms with Gasteiger partial charge in [0.1, 0.15) is 5.60 Å². The number of nitriles is 1. The number of aliphatic hydroxyl groups is 1. The van der Waals surface area contributed by atoms with Gasteiger partial charge in [-0.2, -0.15) is 5.26 Å². The number of rotatable bonds is 2. The van der Waals surface area contributed by atoms with Crippen molar-refractivity contribution in [2.45, 2.75) is 64.4 Å². The predicted octanol–water partition coefficient (Wildman–Crippen LogP) is 4.10. The second-order valence-corrected chi connectivity index (χ2v) is 7.30. The standard InChI is InChI=1S/C19H25NO/c1-14-9-10-19(12-14,13-20)18(2,21)17-8-7-15-5-3-4-6-16(15)11-17/h7-8,11,14,21H,3-6,9-10,12H2,1-2H3. The van der Waals surface area contributed by atoms with Gasteiger partial charge in [0.2, 0.25) is 0 Å². The molecule has 3 atom stereocenters. The van der Waals surface area contributed by atoms with Crippen LogP contribution in [0.2, 0.25) is 0 Å². The van der Waals surface area contributed by atoms with Crippen molar-refractivity contribution in [2.24, 2.45) is 11.3 Å². The van der Waals surface area contributed by atoms with Gasteiger partial charge >= 0.3 is 0 Å². The van der Waals surface area contributed by atoms with Crippen LogP contribution in [0.3, 0.4) is 0 Å². The SMILES string of the molecule is CC1CCC(C#N)(C(C)(O)c2ccc3c(c2)CCCC3)C1. The van der Waals surface area contributed by atoms with Crippen LogP contribution in [0.5, 0.6) is 0 Å². The molecule has 0 aromatic heterocycles. The van der Waals surface area contributed by atoms with E-state index < -0.39 is 11.0 Å². The molecule has 112 valence electrons. The van der Waals surface area contributed by atoms with Crippen LogP contribution in [-0.4, -0.2) is 5.11 Å². The lowest BCUT2D eigenvalue weighted by molar-refractivity contribution is -0.0439. The lowest BCUT2D eigenvalue weighted by Crippen LogP contribution is -2.41. The molecule has 1 N–H and O–H groups in total. The van der Waals surface area contributed by atoms with E-state index in [0.717, 1.165) is 37.7 Å². The largest absolute Gasteiger partial charge is 0.384 e. The van der Waals surface area contributed by atoms with Gasteiger partial charge in [-0.05, 0) is 74.5 Å². The molecule has 0 saturated heterocycles. The minimum Gasteiger partial charge on any atom is -0.384 e. The van der Waals surface area contributed by atoms with Crippen molar-refractivity contribution in [3.63, 3.8) is 0 Å². The minimum atomic E-state index is -1.06. The zero-order valence-electron chi connectivity index (χ0n) is 13.2. The zero-order valence-corrected chi connectivity index (χ0v) is 13.2. The van der Waals surface area contributed by atoms with Crippen molar-refractivity contribution in [2.75, 3.05) is 0 Å². The van der Waals surface area contributed by atoms with Gasteiger partial charge in [0.25, 0.3) is 0 Å². The average molecular weight is 283 g/mol. The smallest absolute Gasteiger partial charge is 0.105 e. The summed E-state index contributed by atoms with van der Waals surface area (Å²) in [5, 5.41) is 21.0. The monoisotopic (exact) mass is 283 g/mol. The van der Waals surface area contributed by atoms with Gasteiger partial charge in [-0.3, -0.25) is 0 Å². The van der Waals surface area contributed by atoms with E-state index >= 15 is 0 Å². The first kappa shape index (κ1) is 14.6. The Morgan fingerprint density at radius 2 is 2.00 bits per heavy atom. The molecule has 0 radical (unpaired) electrons. The molecular formula is C19H25NO. The van der Waals surface area contributed by atoms with Crippen LogP contribution in [0.15, 0.2) is 18.2 Å². The van der Waals surface area contributed by atoms with Crippen LogP contribution >= 0.6 is 0 Å². The Bertz CT molecular complexity index is 584. The fourth-order valence-electron chi connectivity index (χ4n) is 4.26. The van der Waals surface area contributed by atoms with E-state index in [2.05, 4.69) is 25.1 Å². The van der Waals surface area contributed by atoms with Gasteiger partial charge < -0.3 is 5.11 Å². The molecular weight excluding hydrogens is 258 g/mol. The second kappa shape index (κ2) is 5.14. The molecule has 0 amide bonds. The second-order valence-electron chi connectivity index (χ2n) is 7.30. The Morgan fingerprint density at radius 1 is 1.29 bits per heavy atom. The highest BCUT2D eigenvalue weighted by Crippen LogP contribution is 2.53. The first-order valence-corrected chi connectivity index (χ1v) is 8.24. The Hall–Kier alpha value is -1.33. The van der Waals surface area contributed by atoms with Crippen molar-refractivity contribution in [3.05, 3.63) is 34.9 Å². The molecule has 3 unspecified atom stereocenters. The van der Waals surface area contributed by atoms with Crippen LogP contribution < -0.4 is 0 Å². The van der Waals surface area contributed by atoms with Crippen molar-refractivity contribution in [1.29, 1.82) is 5.26 Å². The molecule has 3 rings (SSSR count). The molecule has 2 nitrogen and oxygen atoms in total. The third-order valence-corrected chi connectivity index (χ3v) is 5.82. The summed E-state index contributed by atoms with van der Waals surface area (Å²) >= 11 is 0. The van der Waals surface area contributed by atoms with Gasteiger partial charge in [-0.15, -0.1) is 0 Å². The molecule has 1 saturated carbocycles. The highest BCUT2D eigenvalue weighted by molar-refractivity contribution is 5.38. The first-order valence-electron chi connectivity index (χ1n) is 8.24. The Kier molecular flexibility index (Phi) is 3.58. The average Bonchev–Trinajstić information content (AvgIpc) is 2.90. The van der Waals surface area contributed by atoms with Gasteiger partial charge in [-0.1, -0.05) is 25.1 Å². The summed E-state index contributed by atoms with van der Waals surface area (Å²) in [5.74, 6) is 0.522. The fraction of sp³-hybridized carbons (Fsp3) is 0.632. The molecule has 2 aliphatic carbocycles. The summed E-state index contributed by atoms with van der Waals surface area (Å²) in [7, 11) is 0. The van der Waals surface area contributed by atoms with E-state index in [9.17, 15) is 10.4 Å². The van der Waals surface area contributed by atoms with Crippen molar-refractivity contribution in [3.8, 4) is 6.07 Å². The molecule has 0 bridgehead atoms. The summed E-state index contributed by atoms with van der Waals surface area (Å²) in [4.78, 5) is 0. The quantitative estimate of drug-likeness (QED) is 0.888. The maximum Gasteiger partial charge on any atom is 0.105 e. The molecule has 21 heavy (non-hydrogen) atoms. The maximum atomic E-state index is 11.2. The molecule has 1 fully saturated rings.